The SMILES string of the molecule is CC(=O)N1CCN(CCOc2ncc(NC(=O)c3cccc(F)c3)cc2-c2c(Cl)cnn2C)CC1. The highest BCUT2D eigenvalue weighted by molar-refractivity contribution is 6.33. The van der Waals surface area contributed by atoms with Gasteiger partial charge in [0.05, 0.1) is 34.4 Å². The van der Waals surface area contributed by atoms with E-state index in [-0.39, 0.29) is 11.5 Å². The second-order valence-corrected chi connectivity index (χ2v) is 8.61. The molecule has 1 aliphatic heterocycles. The van der Waals surface area contributed by atoms with Crippen molar-refractivity contribution in [2.24, 2.45) is 7.05 Å². The molecule has 11 heteroatoms. The molecule has 1 N–H and O–H groups in total. The van der Waals surface area contributed by atoms with Gasteiger partial charge in [0, 0.05) is 52.3 Å². The number of ether oxygens (including phenoxy) is 1. The third-order valence-corrected chi connectivity index (χ3v) is 6.09. The predicted octanol–water partition coefficient (Wildman–Crippen LogP) is 3.07. The molecule has 0 radical (unpaired) electrons. The molecule has 1 fully saturated rings. The summed E-state index contributed by atoms with van der Waals surface area (Å²) in [7, 11) is 1.75. The zero-order valence-corrected chi connectivity index (χ0v) is 20.3. The van der Waals surface area contributed by atoms with Crippen LogP contribution in [0, 0.1) is 5.82 Å². The number of benzene rings is 1. The molecule has 0 unspecified atom stereocenters. The molecule has 0 aliphatic carbocycles. The van der Waals surface area contributed by atoms with E-state index in [0.29, 0.717) is 54.1 Å². The lowest BCUT2D eigenvalue weighted by molar-refractivity contribution is -0.130. The normalized spacial score (nSPS) is 14.1. The van der Waals surface area contributed by atoms with E-state index in [4.69, 9.17) is 16.3 Å². The Morgan fingerprint density at radius 3 is 2.60 bits per heavy atom. The van der Waals surface area contributed by atoms with E-state index >= 15 is 0 Å². The Balaban J connectivity index is 1.49. The van der Waals surface area contributed by atoms with Crippen molar-refractivity contribution in [1.82, 2.24) is 24.6 Å². The number of halogens is 2. The second kappa shape index (κ2) is 10.8. The Hall–Kier alpha value is -3.50. The summed E-state index contributed by atoms with van der Waals surface area (Å²) >= 11 is 6.38. The fourth-order valence-electron chi connectivity index (χ4n) is 3.91. The van der Waals surface area contributed by atoms with E-state index in [1.165, 1.54) is 30.6 Å². The molecule has 4 rings (SSSR count). The molecular formula is C24H26ClFN6O3. The maximum absolute atomic E-state index is 13.5. The maximum atomic E-state index is 13.5. The van der Waals surface area contributed by atoms with Gasteiger partial charge in [0.15, 0.2) is 0 Å². The highest BCUT2D eigenvalue weighted by Gasteiger charge is 2.20. The topological polar surface area (TPSA) is 92.6 Å². The van der Waals surface area contributed by atoms with Crippen LogP contribution in [0.25, 0.3) is 11.3 Å². The number of nitrogens with one attached hydrogen (secondary N) is 1. The highest BCUT2D eigenvalue weighted by atomic mass is 35.5. The third kappa shape index (κ3) is 5.95. The van der Waals surface area contributed by atoms with Crippen molar-refractivity contribution in [3.63, 3.8) is 0 Å². The van der Waals surface area contributed by atoms with E-state index in [1.54, 1.807) is 24.7 Å². The quantitative estimate of drug-likeness (QED) is 0.536. The van der Waals surface area contributed by atoms with Crippen LogP contribution < -0.4 is 10.1 Å². The van der Waals surface area contributed by atoms with Crippen LogP contribution in [-0.4, -0.2) is 75.7 Å². The first kappa shape index (κ1) is 24.6. The molecule has 0 atom stereocenters. The summed E-state index contributed by atoms with van der Waals surface area (Å²) < 4.78 is 21.1. The number of aromatic nitrogens is 3. The molecule has 35 heavy (non-hydrogen) atoms. The fraction of sp³-hybridized carbons (Fsp3) is 0.333. The van der Waals surface area contributed by atoms with Crippen LogP contribution >= 0.6 is 11.6 Å². The molecule has 0 bridgehead atoms. The Morgan fingerprint density at radius 2 is 1.94 bits per heavy atom. The molecule has 2 aromatic heterocycles. The number of carbonyl (C=O) groups excluding carboxylic acids is 2. The van der Waals surface area contributed by atoms with E-state index < -0.39 is 11.7 Å². The van der Waals surface area contributed by atoms with Gasteiger partial charge in [-0.2, -0.15) is 5.10 Å². The van der Waals surface area contributed by atoms with Crippen molar-refractivity contribution in [2.75, 3.05) is 44.6 Å². The summed E-state index contributed by atoms with van der Waals surface area (Å²) in [6, 6.07) is 7.14. The first-order valence-corrected chi connectivity index (χ1v) is 11.5. The van der Waals surface area contributed by atoms with E-state index in [0.717, 1.165) is 19.2 Å². The lowest BCUT2D eigenvalue weighted by Crippen LogP contribution is -2.48. The van der Waals surface area contributed by atoms with Gasteiger partial charge in [-0.3, -0.25) is 19.2 Å². The number of anilines is 1. The number of hydrogen-bond acceptors (Lipinski definition) is 6. The summed E-state index contributed by atoms with van der Waals surface area (Å²) in [4.78, 5) is 32.6. The van der Waals surface area contributed by atoms with Crippen molar-refractivity contribution >= 4 is 29.1 Å². The predicted molar refractivity (Wildman–Crippen MR) is 130 cm³/mol. The molecule has 0 saturated carbocycles. The Kier molecular flexibility index (Phi) is 7.62. The minimum atomic E-state index is -0.496. The van der Waals surface area contributed by atoms with Crippen LogP contribution in [-0.2, 0) is 11.8 Å². The number of amides is 2. The summed E-state index contributed by atoms with van der Waals surface area (Å²) in [6.07, 6.45) is 3.00. The Labute approximate surface area is 207 Å². The first-order chi connectivity index (χ1) is 16.8. The van der Waals surface area contributed by atoms with Gasteiger partial charge in [-0.1, -0.05) is 17.7 Å². The molecule has 1 aliphatic rings. The van der Waals surface area contributed by atoms with Gasteiger partial charge in [0.25, 0.3) is 5.91 Å². The van der Waals surface area contributed by atoms with Crippen molar-refractivity contribution < 1.29 is 18.7 Å². The van der Waals surface area contributed by atoms with Gasteiger partial charge >= 0.3 is 0 Å². The zero-order chi connectivity index (χ0) is 24.9. The minimum absolute atomic E-state index is 0.0902. The standard InChI is InChI=1S/C24H26ClFN6O3/c1-16(33)32-8-6-31(7-9-32)10-11-35-24-20(22-21(25)15-28-30(22)2)13-19(14-27-24)29-23(34)17-4-3-5-18(26)12-17/h3-5,12-15H,6-11H2,1-2H3,(H,29,34). The largest absolute Gasteiger partial charge is 0.476 e. The molecule has 3 heterocycles. The molecule has 1 saturated heterocycles. The molecule has 9 nitrogen and oxygen atoms in total. The van der Waals surface area contributed by atoms with Gasteiger partial charge < -0.3 is 15.0 Å². The van der Waals surface area contributed by atoms with Crippen molar-refractivity contribution in [1.29, 1.82) is 0 Å². The van der Waals surface area contributed by atoms with Crippen LogP contribution in [0.1, 0.15) is 17.3 Å². The van der Waals surface area contributed by atoms with Gasteiger partial charge in [0.1, 0.15) is 12.4 Å². The monoisotopic (exact) mass is 500 g/mol. The number of carbonyl (C=O) groups is 2. The number of hydrogen-bond donors (Lipinski definition) is 1. The number of piperazine rings is 1. The average molecular weight is 501 g/mol. The third-order valence-electron chi connectivity index (χ3n) is 5.81. The molecule has 2 amide bonds. The van der Waals surface area contributed by atoms with Gasteiger partial charge in [0.2, 0.25) is 11.8 Å². The van der Waals surface area contributed by atoms with Crippen LogP contribution in [0.4, 0.5) is 10.1 Å². The molecule has 3 aromatic rings. The smallest absolute Gasteiger partial charge is 0.255 e. The number of aryl methyl sites for hydroxylation is 1. The van der Waals surface area contributed by atoms with Crippen LogP contribution in [0.3, 0.4) is 0 Å². The van der Waals surface area contributed by atoms with Crippen molar-refractivity contribution in [3.8, 4) is 17.1 Å². The fourth-order valence-corrected chi connectivity index (χ4v) is 4.18. The van der Waals surface area contributed by atoms with Crippen LogP contribution in [0.15, 0.2) is 42.7 Å². The van der Waals surface area contributed by atoms with E-state index in [1.807, 2.05) is 4.90 Å². The van der Waals surface area contributed by atoms with E-state index in [9.17, 15) is 14.0 Å². The van der Waals surface area contributed by atoms with Gasteiger partial charge in [-0.15, -0.1) is 0 Å². The minimum Gasteiger partial charge on any atom is -0.476 e. The zero-order valence-electron chi connectivity index (χ0n) is 19.5. The molecule has 184 valence electrons. The summed E-state index contributed by atoms with van der Waals surface area (Å²) in [5, 5.41) is 7.34. The first-order valence-electron chi connectivity index (χ1n) is 11.2. The lowest BCUT2D eigenvalue weighted by atomic mass is 10.1. The summed E-state index contributed by atoms with van der Waals surface area (Å²) in [5.41, 5.74) is 1.74. The lowest BCUT2D eigenvalue weighted by Gasteiger charge is -2.34. The summed E-state index contributed by atoms with van der Waals surface area (Å²) in [5.74, 6) is -0.523. The van der Waals surface area contributed by atoms with Crippen molar-refractivity contribution in [3.05, 3.63) is 59.1 Å². The average Bonchev–Trinajstić information content (AvgIpc) is 3.17. The number of nitrogens with zero attached hydrogens (tertiary/aromatic N) is 5. The van der Waals surface area contributed by atoms with Gasteiger partial charge in [-0.25, -0.2) is 9.37 Å². The van der Waals surface area contributed by atoms with Gasteiger partial charge in [-0.05, 0) is 24.3 Å². The Morgan fingerprint density at radius 1 is 1.17 bits per heavy atom. The Bertz CT molecular complexity index is 1210. The highest BCUT2D eigenvalue weighted by Crippen LogP contribution is 2.35. The van der Waals surface area contributed by atoms with Crippen molar-refractivity contribution in [2.45, 2.75) is 6.92 Å². The second-order valence-electron chi connectivity index (χ2n) is 8.20. The number of pyridine rings is 1. The molecular weight excluding hydrogens is 475 g/mol. The molecule has 0 spiro atoms. The molecule has 1 aromatic carbocycles. The number of rotatable bonds is 7. The summed E-state index contributed by atoms with van der Waals surface area (Å²) in [6.45, 7) is 5.59. The van der Waals surface area contributed by atoms with E-state index in [2.05, 4.69) is 20.3 Å². The van der Waals surface area contributed by atoms with Crippen LogP contribution in [0.2, 0.25) is 5.02 Å². The van der Waals surface area contributed by atoms with Crippen LogP contribution in [0.5, 0.6) is 5.88 Å². The maximum Gasteiger partial charge on any atom is 0.255 e.